The maximum absolute atomic E-state index is 12.1. The molecule has 0 saturated heterocycles. The summed E-state index contributed by atoms with van der Waals surface area (Å²) in [6.07, 6.45) is 1.50. The summed E-state index contributed by atoms with van der Waals surface area (Å²) in [6, 6.07) is 7.32. The molecular weight excluding hydrogens is 316 g/mol. The van der Waals surface area contributed by atoms with E-state index >= 15 is 0 Å². The highest BCUT2D eigenvalue weighted by Crippen LogP contribution is 2.32. The number of ether oxygens (including phenoxy) is 2. The van der Waals surface area contributed by atoms with Crippen molar-refractivity contribution in [3.63, 3.8) is 0 Å². The zero-order valence-corrected chi connectivity index (χ0v) is 12.9. The number of anilines is 1. The summed E-state index contributed by atoms with van der Waals surface area (Å²) in [5.41, 5.74) is 9.79. The van der Waals surface area contributed by atoms with Crippen LogP contribution in [0.25, 0.3) is 0 Å². The highest BCUT2D eigenvalue weighted by molar-refractivity contribution is 7.18. The monoisotopic (exact) mass is 328 g/mol. The van der Waals surface area contributed by atoms with Crippen molar-refractivity contribution >= 4 is 28.5 Å². The van der Waals surface area contributed by atoms with E-state index in [-0.39, 0.29) is 6.79 Å². The number of nitrogen functional groups attached to an aromatic ring is 1. The molecule has 0 saturated carbocycles. The first kappa shape index (κ1) is 14.9. The molecule has 0 fully saturated rings. The minimum Gasteiger partial charge on any atom is -0.454 e. The van der Waals surface area contributed by atoms with Crippen LogP contribution >= 0.6 is 11.3 Å². The van der Waals surface area contributed by atoms with Gasteiger partial charge in [0.2, 0.25) is 6.79 Å². The molecule has 0 unspecified atom stereocenters. The number of hydrazone groups is 1. The van der Waals surface area contributed by atoms with Crippen LogP contribution in [0.5, 0.6) is 11.5 Å². The quantitative estimate of drug-likeness (QED) is 0.661. The molecule has 0 aliphatic carbocycles. The predicted molar refractivity (Wildman–Crippen MR) is 85.8 cm³/mol. The molecule has 3 rings (SSSR count). The van der Waals surface area contributed by atoms with Gasteiger partial charge in [0, 0.05) is 0 Å². The number of benzene rings is 1. The van der Waals surface area contributed by atoms with Crippen LogP contribution in [0.4, 0.5) is 5.00 Å². The van der Waals surface area contributed by atoms with Crippen LogP contribution in [0.2, 0.25) is 0 Å². The Hall–Kier alpha value is -3.05. The molecule has 1 aliphatic rings. The zero-order valence-electron chi connectivity index (χ0n) is 12.1. The van der Waals surface area contributed by atoms with Crippen LogP contribution in [0.3, 0.4) is 0 Å². The summed E-state index contributed by atoms with van der Waals surface area (Å²) in [6.45, 7) is 1.88. The Kier molecular flexibility index (Phi) is 3.87. The van der Waals surface area contributed by atoms with Crippen LogP contribution in [-0.4, -0.2) is 18.9 Å². The van der Waals surface area contributed by atoms with Crippen LogP contribution < -0.4 is 20.6 Å². The molecule has 0 atom stereocenters. The molecular formula is C15H12N4O3S. The maximum atomic E-state index is 12.1. The minimum atomic E-state index is -0.405. The summed E-state index contributed by atoms with van der Waals surface area (Å²) in [7, 11) is 0. The SMILES string of the molecule is Cc1c(C(=O)NN=Cc2ccc3c(c2)OCO3)sc(N)c1C#N. The number of nitrogens with one attached hydrogen (secondary N) is 1. The van der Waals surface area contributed by atoms with Crippen molar-refractivity contribution in [3.8, 4) is 17.6 Å². The number of thiophene rings is 1. The number of amides is 1. The first-order valence-corrected chi connectivity index (χ1v) is 7.44. The summed E-state index contributed by atoms with van der Waals surface area (Å²) in [5, 5.41) is 13.2. The molecule has 8 heteroatoms. The predicted octanol–water partition coefficient (Wildman–Crippen LogP) is 2.00. The van der Waals surface area contributed by atoms with Crippen LogP contribution in [-0.2, 0) is 0 Å². The number of nitrogens with zero attached hydrogens (tertiary/aromatic N) is 2. The van der Waals surface area contributed by atoms with E-state index in [1.807, 2.05) is 6.07 Å². The second-order valence-corrected chi connectivity index (χ2v) is 5.77. The van der Waals surface area contributed by atoms with E-state index in [2.05, 4.69) is 10.5 Å². The van der Waals surface area contributed by atoms with Crippen molar-refractivity contribution in [3.05, 3.63) is 39.8 Å². The number of nitrogens with two attached hydrogens (primary N) is 1. The molecule has 23 heavy (non-hydrogen) atoms. The van der Waals surface area contributed by atoms with Crippen LogP contribution in [0.15, 0.2) is 23.3 Å². The van der Waals surface area contributed by atoms with Gasteiger partial charge in [-0.3, -0.25) is 4.79 Å². The van der Waals surface area contributed by atoms with Gasteiger partial charge >= 0.3 is 0 Å². The standard InChI is InChI=1S/C15H12N4O3S/c1-8-10(5-16)14(17)23-13(8)15(20)19-18-6-9-2-3-11-12(4-9)22-7-21-11/h2-4,6H,7,17H2,1H3,(H,19,20). The Morgan fingerprint density at radius 1 is 1.48 bits per heavy atom. The number of hydrogen-bond donors (Lipinski definition) is 2. The molecule has 1 aliphatic heterocycles. The van der Waals surface area contributed by atoms with Crippen molar-refractivity contribution in [1.82, 2.24) is 5.43 Å². The Morgan fingerprint density at radius 3 is 3.00 bits per heavy atom. The fourth-order valence-electron chi connectivity index (χ4n) is 2.10. The lowest BCUT2D eigenvalue weighted by molar-refractivity contribution is 0.0958. The molecule has 116 valence electrons. The highest BCUT2D eigenvalue weighted by atomic mass is 32.1. The Balaban J connectivity index is 1.71. The molecule has 0 bridgehead atoms. The van der Waals surface area contributed by atoms with Gasteiger partial charge in [-0.15, -0.1) is 11.3 Å². The van der Waals surface area contributed by atoms with Gasteiger partial charge in [-0.2, -0.15) is 10.4 Å². The van der Waals surface area contributed by atoms with Gasteiger partial charge in [0.05, 0.1) is 11.8 Å². The average molecular weight is 328 g/mol. The molecule has 0 spiro atoms. The van der Waals surface area contributed by atoms with Gasteiger partial charge < -0.3 is 15.2 Å². The third-order valence-corrected chi connectivity index (χ3v) is 4.39. The maximum Gasteiger partial charge on any atom is 0.281 e. The second-order valence-electron chi connectivity index (χ2n) is 4.72. The van der Waals surface area contributed by atoms with Crippen molar-refractivity contribution in [2.24, 2.45) is 5.10 Å². The summed E-state index contributed by atoms with van der Waals surface area (Å²) < 4.78 is 10.5. The average Bonchev–Trinajstić information content (AvgIpc) is 3.11. The number of rotatable bonds is 3. The molecule has 2 heterocycles. The van der Waals surface area contributed by atoms with Crippen molar-refractivity contribution < 1.29 is 14.3 Å². The Labute approximate surface area is 135 Å². The molecule has 3 N–H and O–H groups in total. The first-order chi connectivity index (χ1) is 11.1. The smallest absolute Gasteiger partial charge is 0.281 e. The van der Waals surface area contributed by atoms with E-state index in [1.54, 1.807) is 25.1 Å². The molecule has 1 aromatic heterocycles. The summed E-state index contributed by atoms with van der Waals surface area (Å²) in [4.78, 5) is 12.5. The highest BCUT2D eigenvalue weighted by Gasteiger charge is 2.18. The summed E-state index contributed by atoms with van der Waals surface area (Å²) >= 11 is 1.07. The topological polar surface area (TPSA) is 110 Å². The molecule has 0 radical (unpaired) electrons. The van der Waals surface area contributed by atoms with Gasteiger partial charge in [-0.1, -0.05) is 0 Å². The van der Waals surface area contributed by atoms with Crippen molar-refractivity contribution in [2.45, 2.75) is 6.92 Å². The fourth-order valence-corrected chi connectivity index (χ4v) is 3.02. The van der Waals surface area contributed by atoms with E-state index in [9.17, 15) is 4.79 Å². The van der Waals surface area contributed by atoms with Gasteiger partial charge in [-0.25, -0.2) is 5.43 Å². The summed E-state index contributed by atoms with van der Waals surface area (Å²) in [5.74, 6) is 0.915. The lowest BCUT2D eigenvalue weighted by Gasteiger charge is -1.99. The largest absolute Gasteiger partial charge is 0.454 e. The molecule has 7 nitrogen and oxygen atoms in total. The third-order valence-electron chi connectivity index (χ3n) is 3.27. The number of nitriles is 1. The van der Waals surface area contributed by atoms with Crippen LogP contribution in [0.1, 0.15) is 26.4 Å². The van der Waals surface area contributed by atoms with Crippen molar-refractivity contribution in [2.75, 3.05) is 12.5 Å². The second kappa shape index (κ2) is 5.98. The van der Waals surface area contributed by atoms with Gasteiger partial charge in [0.25, 0.3) is 5.91 Å². The van der Waals surface area contributed by atoms with E-state index in [0.717, 1.165) is 16.9 Å². The number of fused-ring (bicyclic) bond motifs is 1. The number of carbonyl (C=O) groups excluding carboxylic acids is 1. The normalized spacial score (nSPS) is 12.3. The molecule has 1 amide bonds. The number of carbonyl (C=O) groups is 1. The van der Waals surface area contributed by atoms with E-state index < -0.39 is 5.91 Å². The Morgan fingerprint density at radius 2 is 2.26 bits per heavy atom. The van der Waals surface area contributed by atoms with Crippen LogP contribution in [0, 0.1) is 18.3 Å². The van der Waals surface area contributed by atoms with Gasteiger partial charge in [0.1, 0.15) is 15.9 Å². The van der Waals surface area contributed by atoms with E-state index in [0.29, 0.717) is 32.5 Å². The fraction of sp³-hybridized carbons (Fsp3) is 0.133. The van der Waals surface area contributed by atoms with Gasteiger partial charge in [0.15, 0.2) is 11.5 Å². The first-order valence-electron chi connectivity index (χ1n) is 6.62. The third kappa shape index (κ3) is 2.82. The van der Waals surface area contributed by atoms with Crippen molar-refractivity contribution in [1.29, 1.82) is 5.26 Å². The van der Waals surface area contributed by atoms with E-state index in [1.165, 1.54) is 6.21 Å². The molecule has 1 aromatic carbocycles. The molecule has 2 aromatic rings. The van der Waals surface area contributed by atoms with Gasteiger partial charge in [-0.05, 0) is 36.2 Å². The lowest BCUT2D eigenvalue weighted by atomic mass is 10.2. The minimum absolute atomic E-state index is 0.201. The number of hydrogen-bond acceptors (Lipinski definition) is 7. The lowest BCUT2D eigenvalue weighted by Crippen LogP contribution is -2.17. The zero-order chi connectivity index (χ0) is 16.4. The Bertz CT molecular complexity index is 851. The van der Waals surface area contributed by atoms with E-state index in [4.69, 9.17) is 20.5 Å².